The summed E-state index contributed by atoms with van der Waals surface area (Å²) >= 11 is 0. The minimum absolute atomic E-state index is 0.0188. The van der Waals surface area contributed by atoms with Gasteiger partial charge in [0.05, 0.1) is 16.6 Å². The first-order valence-corrected chi connectivity index (χ1v) is 9.24. The number of aryl methyl sites for hydroxylation is 1. The van der Waals surface area contributed by atoms with E-state index in [1.807, 2.05) is 61.5 Å². The molecular formula is C20H20O3S. The zero-order valence-corrected chi connectivity index (χ0v) is 14.3. The Morgan fingerprint density at radius 1 is 1.12 bits per heavy atom. The Hall–Kier alpha value is -2.04. The third-order valence-electron chi connectivity index (χ3n) is 4.41. The summed E-state index contributed by atoms with van der Waals surface area (Å²) in [7, 11) is -1.35. The fraction of sp³-hybridized carbons (Fsp3) is 0.250. The van der Waals surface area contributed by atoms with Crippen LogP contribution < -0.4 is 0 Å². The molecule has 2 aromatic rings. The van der Waals surface area contributed by atoms with Crippen LogP contribution in [0.25, 0.3) is 0 Å². The molecule has 0 aromatic heterocycles. The number of carbonyl (C=O) groups excluding carboxylic acids is 1. The molecule has 0 fully saturated rings. The number of rotatable bonds is 4. The lowest BCUT2D eigenvalue weighted by Crippen LogP contribution is -2.43. The number of ketones is 1. The summed E-state index contributed by atoms with van der Waals surface area (Å²) in [6.45, 7) is 1.97. The molecule has 0 spiro atoms. The maximum Gasteiger partial charge on any atom is 0.156 e. The third-order valence-corrected chi connectivity index (χ3v) is 5.94. The van der Waals surface area contributed by atoms with Gasteiger partial charge in [0.25, 0.3) is 0 Å². The van der Waals surface area contributed by atoms with Crippen molar-refractivity contribution in [3.05, 3.63) is 77.9 Å². The molecule has 1 N–H and O–H groups in total. The number of hydrogen-bond donors (Lipinski definition) is 1. The molecule has 3 rings (SSSR count). The predicted molar refractivity (Wildman–Crippen MR) is 95.4 cm³/mol. The Kier molecular flexibility index (Phi) is 4.78. The van der Waals surface area contributed by atoms with Crippen LogP contribution in [0.1, 0.15) is 23.5 Å². The highest BCUT2D eigenvalue weighted by atomic mass is 32.2. The van der Waals surface area contributed by atoms with Gasteiger partial charge >= 0.3 is 0 Å². The van der Waals surface area contributed by atoms with Crippen molar-refractivity contribution in [1.29, 1.82) is 0 Å². The van der Waals surface area contributed by atoms with Crippen LogP contribution in [0.15, 0.2) is 71.6 Å². The molecule has 0 bridgehead atoms. The van der Waals surface area contributed by atoms with Crippen LogP contribution >= 0.6 is 0 Å². The average molecular weight is 340 g/mol. The lowest BCUT2D eigenvalue weighted by Gasteiger charge is -2.35. The molecular weight excluding hydrogens is 320 g/mol. The van der Waals surface area contributed by atoms with Gasteiger partial charge in [0.1, 0.15) is 5.60 Å². The van der Waals surface area contributed by atoms with Gasteiger partial charge in [0.15, 0.2) is 5.78 Å². The molecule has 2 aromatic carbocycles. The molecule has 0 amide bonds. The van der Waals surface area contributed by atoms with Crippen LogP contribution in [0.5, 0.6) is 0 Å². The van der Waals surface area contributed by atoms with E-state index in [0.717, 1.165) is 11.1 Å². The summed E-state index contributed by atoms with van der Waals surface area (Å²) in [6, 6.07) is 16.9. The van der Waals surface area contributed by atoms with Gasteiger partial charge in [0, 0.05) is 17.2 Å². The second kappa shape index (κ2) is 6.83. The van der Waals surface area contributed by atoms with Gasteiger partial charge in [0.2, 0.25) is 0 Å². The maximum absolute atomic E-state index is 12.7. The second-order valence-corrected chi connectivity index (χ2v) is 7.71. The highest BCUT2D eigenvalue weighted by Crippen LogP contribution is 2.37. The summed E-state index contributed by atoms with van der Waals surface area (Å²) in [5, 5.41) is 11.2. The van der Waals surface area contributed by atoms with Gasteiger partial charge < -0.3 is 5.11 Å². The Balaban J connectivity index is 1.90. The van der Waals surface area contributed by atoms with E-state index in [1.54, 1.807) is 0 Å². The van der Waals surface area contributed by atoms with Crippen molar-refractivity contribution in [3.8, 4) is 0 Å². The van der Waals surface area contributed by atoms with Gasteiger partial charge in [-0.15, -0.1) is 0 Å². The Bertz CT molecular complexity index is 780. The van der Waals surface area contributed by atoms with Crippen LogP contribution in [0.4, 0.5) is 0 Å². The molecule has 0 aliphatic heterocycles. The Labute approximate surface area is 144 Å². The smallest absolute Gasteiger partial charge is 0.156 e. The Morgan fingerprint density at radius 3 is 2.46 bits per heavy atom. The molecule has 1 aliphatic rings. The van der Waals surface area contributed by atoms with Crippen LogP contribution in [-0.4, -0.2) is 26.5 Å². The zero-order chi connectivity index (χ0) is 17.2. The van der Waals surface area contributed by atoms with Gasteiger partial charge in [-0.3, -0.25) is 9.00 Å². The number of allylic oxidation sites excluding steroid dienone is 1. The molecule has 0 radical (unpaired) electrons. The molecule has 4 heteroatoms. The topological polar surface area (TPSA) is 54.4 Å². The van der Waals surface area contributed by atoms with Crippen molar-refractivity contribution >= 4 is 16.6 Å². The molecule has 0 heterocycles. The highest BCUT2D eigenvalue weighted by molar-refractivity contribution is 7.85. The largest absolute Gasteiger partial charge is 0.384 e. The van der Waals surface area contributed by atoms with Gasteiger partial charge in [-0.05, 0) is 36.8 Å². The molecule has 3 atom stereocenters. The monoisotopic (exact) mass is 340 g/mol. The first kappa shape index (κ1) is 16.8. The van der Waals surface area contributed by atoms with E-state index in [9.17, 15) is 14.1 Å². The summed E-state index contributed by atoms with van der Waals surface area (Å²) in [4.78, 5) is 12.5. The fourth-order valence-electron chi connectivity index (χ4n) is 3.02. The van der Waals surface area contributed by atoms with E-state index >= 15 is 0 Å². The van der Waals surface area contributed by atoms with Crippen molar-refractivity contribution < 1.29 is 14.1 Å². The highest BCUT2D eigenvalue weighted by Gasteiger charge is 2.40. The first-order chi connectivity index (χ1) is 11.5. The quantitative estimate of drug-likeness (QED) is 0.930. The van der Waals surface area contributed by atoms with E-state index in [2.05, 4.69) is 0 Å². The van der Waals surface area contributed by atoms with Crippen LogP contribution in [0.3, 0.4) is 0 Å². The van der Waals surface area contributed by atoms with Gasteiger partial charge in [-0.25, -0.2) is 0 Å². The lowest BCUT2D eigenvalue weighted by atomic mass is 9.76. The van der Waals surface area contributed by atoms with Crippen LogP contribution in [-0.2, 0) is 15.6 Å². The summed E-state index contributed by atoms with van der Waals surface area (Å²) in [6.07, 6.45) is 3.15. The van der Waals surface area contributed by atoms with E-state index < -0.39 is 16.4 Å². The van der Waals surface area contributed by atoms with Crippen molar-refractivity contribution in [2.24, 2.45) is 0 Å². The minimum Gasteiger partial charge on any atom is -0.384 e. The summed E-state index contributed by atoms with van der Waals surface area (Å²) < 4.78 is 12.7. The molecule has 3 nitrogen and oxygen atoms in total. The predicted octanol–water partition coefficient (Wildman–Crippen LogP) is 3.15. The Morgan fingerprint density at radius 2 is 1.79 bits per heavy atom. The van der Waals surface area contributed by atoms with Crippen molar-refractivity contribution in [2.75, 3.05) is 5.75 Å². The zero-order valence-electron chi connectivity index (χ0n) is 13.5. The fourth-order valence-corrected chi connectivity index (χ4v) is 4.35. The number of carbonyl (C=O) groups is 1. The van der Waals surface area contributed by atoms with Gasteiger partial charge in [-0.1, -0.05) is 48.0 Å². The molecule has 1 aliphatic carbocycles. The maximum atomic E-state index is 12.7. The second-order valence-electron chi connectivity index (χ2n) is 6.26. The summed E-state index contributed by atoms with van der Waals surface area (Å²) in [5.41, 5.74) is 0.684. The number of hydrogen-bond acceptors (Lipinski definition) is 3. The molecule has 24 heavy (non-hydrogen) atoms. The SMILES string of the molecule is Cc1ccc(S(=O)C[C@@]2(O)C=CC(=O)C[C@@H]2c2ccccc2)cc1. The normalized spacial score (nSPS) is 24.8. The van der Waals surface area contributed by atoms with Gasteiger partial charge in [-0.2, -0.15) is 0 Å². The average Bonchev–Trinajstić information content (AvgIpc) is 2.58. The molecule has 1 unspecified atom stereocenters. The van der Waals surface area contributed by atoms with E-state index in [1.165, 1.54) is 12.2 Å². The third kappa shape index (κ3) is 3.55. The van der Waals surface area contributed by atoms with E-state index in [0.29, 0.717) is 4.90 Å². The van der Waals surface area contributed by atoms with E-state index in [-0.39, 0.29) is 23.9 Å². The molecule has 0 saturated carbocycles. The molecule has 0 saturated heterocycles. The lowest BCUT2D eigenvalue weighted by molar-refractivity contribution is -0.117. The number of aliphatic hydroxyl groups is 1. The van der Waals surface area contributed by atoms with Crippen molar-refractivity contribution in [1.82, 2.24) is 0 Å². The van der Waals surface area contributed by atoms with Crippen molar-refractivity contribution in [3.63, 3.8) is 0 Å². The van der Waals surface area contributed by atoms with E-state index in [4.69, 9.17) is 0 Å². The standard InChI is InChI=1S/C20H20O3S/c1-15-7-9-18(10-8-15)24(23)14-20(22)12-11-17(21)13-19(20)16-5-3-2-4-6-16/h2-12,19,22H,13-14H2,1H3/t19-,20+,24?/m1/s1. The van der Waals surface area contributed by atoms with Crippen molar-refractivity contribution in [2.45, 2.75) is 29.8 Å². The minimum atomic E-state index is -1.35. The van der Waals surface area contributed by atoms with Crippen LogP contribution in [0.2, 0.25) is 0 Å². The van der Waals surface area contributed by atoms with Crippen LogP contribution in [0, 0.1) is 6.92 Å². The first-order valence-electron chi connectivity index (χ1n) is 7.92. The molecule has 124 valence electrons. The summed E-state index contributed by atoms with van der Waals surface area (Å²) in [5.74, 6) is -0.334. The number of benzene rings is 2.